The number of nitrogens with one attached hydrogen (secondary N) is 1. The average molecular weight is 351 g/mol. The predicted molar refractivity (Wildman–Crippen MR) is 96.5 cm³/mol. The number of benzene rings is 2. The summed E-state index contributed by atoms with van der Waals surface area (Å²) in [6, 6.07) is 12.3. The molecule has 26 heavy (non-hydrogen) atoms. The molecule has 1 aromatic heterocycles. The quantitative estimate of drug-likeness (QED) is 0.753. The molecule has 5 rings (SSSR count). The van der Waals surface area contributed by atoms with Crippen molar-refractivity contribution in [2.45, 2.75) is 19.3 Å². The molecule has 132 valence electrons. The molecule has 0 amide bonds. The van der Waals surface area contributed by atoms with Crippen LogP contribution >= 0.6 is 0 Å². The zero-order chi connectivity index (χ0) is 17.5. The van der Waals surface area contributed by atoms with E-state index in [1.165, 1.54) is 17.7 Å². The molecule has 1 N–H and O–H groups in total. The number of halogens is 1. The molecule has 0 saturated heterocycles. The van der Waals surface area contributed by atoms with E-state index in [2.05, 4.69) is 5.32 Å². The maximum atomic E-state index is 13.3. The molecule has 3 heterocycles. The molecule has 0 unspecified atom stereocenters. The van der Waals surface area contributed by atoms with Gasteiger partial charge in [-0.25, -0.2) is 9.07 Å². The monoisotopic (exact) mass is 351 g/mol. The number of hydrogen-bond donors (Lipinski definition) is 1. The van der Waals surface area contributed by atoms with E-state index in [-0.39, 0.29) is 12.6 Å². The number of aromatic nitrogens is 2. The number of anilines is 1. The Balaban J connectivity index is 1.67. The van der Waals surface area contributed by atoms with Crippen molar-refractivity contribution in [3.05, 3.63) is 53.8 Å². The van der Waals surface area contributed by atoms with Crippen LogP contribution in [0.5, 0.6) is 11.5 Å². The Morgan fingerprint density at radius 1 is 1.00 bits per heavy atom. The Bertz CT molecular complexity index is 966. The van der Waals surface area contributed by atoms with E-state index in [1.54, 1.807) is 12.1 Å². The predicted octanol–water partition coefficient (Wildman–Crippen LogP) is 4.16. The lowest BCUT2D eigenvalue weighted by Gasteiger charge is -2.09. The van der Waals surface area contributed by atoms with Crippen molar-refractivity contribution in [2.24, 2.45) is 0 Å². The standard InChI is InChI=1S/C20H18FN3O2/c21-14-5-7-15(8-6-14)24-20-16(3-1-2-10-22-20)19(23-24)13-4-9-17-18(11-13)26-12-25-17/h4-9,11,22H,1-3,10,12H2. The summed E-state index contributed by atoms with van der Waals surface area (Å²) >= 11 is 0. The lowest BCUT2D eigenvalue weighted by Crippen LogP contribution is -2.07. The van der Waals surface area contributed by atoms with Crippen molar-refractivity contribution in [2.75, 3.05) is 18.7 Å². The topological polar surface area (TPSA) is 48.3 Å². The largest absolute Gasteiger partial charge is 0.454 e. The van der Waals surface area contributed by atoms with Gasteiger partial charge in [-0.2, -0.15) is 5.10 Å². The van der Waals surface area contributed by atoms with Crippen LogP contribution in [0.15, 0.2) is 42.5 Å². The van der Waals surface area contributed by atoms with Gasteiger partial charge in [0.1, 0.15) is 11.6 Å². The molecule has 0 fully saturated rings. The van der Waals surface area contributed by atoms with Crippen LogP contribution in [-0.2, 0) is 6.42 Å². The van der Waals surface area contributed by atoms with Gasteiger partial charge >= 0.3 is 0 Å². The van der Waals surface area contributed by atoms with E-state index >= 15 is 0 Å². The van der Waals surface area contributed by atoms with Crippen LogP contribution in [0.2, 0.25) is 0 Å². The zero-order valence-electron chi connectivity index (χ0n) is 14.2. The van der Waals surface area contributed by atoms with Crippen LogP contribution < -0.4 is 14.8 Å². The van der Waals surface area contributed by atoms with Gasteiger partial charge in [-0.05, 0) is 61.7 Å². The Morgan fingerprint density at radius 2 is 1.85 bits per heavy atom. The Morgan fingerprint density at radius 3 is 2.73 bits per heavy atom. The fourth-order valence-corrected chi connectivity index (χ4v) is 3.55. The van der Waals surface area contributed by atoms with Gasteiger partial charge < -0.3 is 14.8 Å². The maximum Gasteiger partial charge on any atom is 0.231 e. The van der Waals surface area contributed by atoms with E-state index < -0.39 is 0 Å². The highest BCUT2D eigenvalue weighted by atomic mass is 19.1. The minimum atomic E-state index is -0.254. The third-order valence-corrected chi connectivity index (χ3v) is 4.85. The molecule has 2 aromatic carbocycles. The summed E-state index contributed by atoms with van der Waals surface area (Å²) in [5.41, 5.74) is 3.95. The first kappa shape index (κ1) is 15.3. The normalized spacial score (nSPS) is 15.3. The summed E-state index contributed by atoms with van der Waals surface area (Å²) in [4.78, 5) is 0. The fourth-order valence-electron chi connectivity index (χ4n) is 3.55. The molecule has 3 aromatic rings. The van der Waals surface area contributed by atoms with Crippen molar-refractivity contribution < 1.29 is 13.9 Å². The second-order valence-corrected chi connectivity index (χ2v) is 6.52. The molecular formula is C20H18FN3O2. The highest BCUT2D eigenvalue weighted by Gasteiger charge is 2.23. The van der Waals surface area contributed by atoms with Gasteiger partial charge in [0.25, 0.3) is 0 Å². The maximum absolute atomic E-state index is 13.3. The van der Waals surface area contributed by atoms with Crippen molar-refractivity contribution in [3.8, 4) is 28.4 Å². The third kappa shape index (κ3) is 2.49. The molecule has 5 nitrogen and oxygen atoms in total. The van der Waals surface area contributed by atoms with Gasteiger partial charge in [0.15, 0.2) is 11.5 Å². The molecular weight excluding hydrogens is 333 g/mol. The van der Waals surface area contributed by atoms with Gasteiger partial charge in [0.05, 0.1) is 11.4 Å². The summed E-state index contributed by atoms with van der Waals surface area (Å²) in [6.07, 6.45) is 3.17. The Kier molecular flexibility index (Phi) is 3.55. The minimum Gasteiger partial charge on any atom is -0.454 e. The van der Waals surface area contributed by atoms with Crippen molar-refractivity contribution >= 4 is 5.82 Å². The first-order valence-electron chi connectivity index (χ1n) is 8.81. The fraction of sp³-hybridized carbons (Fsp3) is 0.250. The lowest BCUT2D eigenvalue weighted by atomic mass is 10.0. The highest BCUT2D eigenvalue weighted by Crippen LogP contribution is 2.39. The first-order valence-corrected chi connectivity index (χ1v) is 8.81. The van der Waals surface area contributed by atoms with Gasteiger partial charge in [0.2, 0.25) is 6.79 Å². The van der Waals surface area contributed by atoms with Crippen LogP contribution in [0.25, 0.3) is 16.9 Å². The first-order chi connectivity index (χ1) is 12.8. The molecule has 0 saturated carbocycles. The molecule has 0 spiro atoms. The van der Waals surface area contributed by atoms with Crippen LogP contribution in [0, 0.1) is 5.82 Å². The summed E-state index contributed by atoms with van der Waals surface area (Å²) in [5, 5.41) is 8.36. The van der Waals surface area contributed by atoms with Crippen LogP contribution in [0.4, 0.5) is 10.2 Å². The van der Waals surface area contributed by atoms with Crippen LogP contribution in [0.1, 0.15) is 18.4 Å². The second kappa shape index (κ2) is 6.05. The van der Waals surface area contributed by atoms with Crippen molar-refractivity contribution in [3.63, 3.8) is 0 Å². The molecule has 2 aliphatic heterocycles. The van der Waals surface area contributed by atoms with Crippen LogP contribution in [0.3, 0.4) is 0 Å². The Labute approximate surface area is 150 Å². The number of rotatable bonds is 2. The molecule has 0 radical (unpaired) electrons. The summed E-state index contributed by atoms with van der Waals surface area (Å²) in [7, 11) is 0. The number of ether oxygens (including phenoxy) is 2. The van der Waals surface area contributed by atoms with Gasteiger partial charge in [-0.3, -0.25) is 0 Å². The van der Waals surface area contributed by atoms with Gasteiger partial charge in [-0.15, -0.1) is 0 Å². The number of hydrogen-bond acceptors (Lipinski definition) is 4. The molecule has 2 aliphatic rings. The second-order valence-electron chi connectivity index (χ2n) is 6.52. The van der Waals surface area contributed by atoms with E-state index in [0.717, 1.165) is 60.1 Å². The SMILES string of the molecule is Fc1ccc(-n2nc(-c3ccc4c(c3)OCO4)c3c2NCCCC3)cc1. The zero-order valence-corrected chi connectivity index (χ0v) is 14.2. The average Bonchev–Trinajstić information content (AvgIpc) is 3.19. The smallest absolute Gasteiger partial charge is 0.231 e. The number of fused-ring (bicyclic) bond motifs is 2. The van der Waals surface area contributed by atoms with Gasteiger partial charge in [-0.1, -0.05) is 0 Å². The molecule has 0 bridgehead atoms. The number of nitrogens with zero attached hydrogens (tertiary/aromatic N) is 2. The van der Waals surface area contributed by atoms with Gasteiger partial charge in [0, 0.05) is 17.7 Å². The summed E-state index contributed by atoms with van der Waals surface area (Å²) < 4.78 is 26.1. The third-order valence-electron chi connectivity index (χ3n) is 4.85. The Hall–Kier alpha value is -3.02. The van der Waals surface area contributed by atoms with E-state index in [0.29, 0.717) is 0 Å². The molecule has 6 heteroatoms. The van der Waals surface area contributed by atoms with E-state index in [4.69, 9.17) is 14.6 Å². The lowest BCUT2D eigenvalue weighted by molar-refractivity contribution is 0.174. The van der Waals surface area contributed by atoms with Crippen LogP contribution in [-0.4, -0.2) is 23.1 Å². The molecule has 0 aliphatic carbocycles. The minimum absolute atomic E-state index is 0.252. The van der Waals surface area contributed by atoms with Crippen molar-refractivity contribution in [1.82, 2.24) is 9.78 Å². The van der Waals surface area contributed by atoms with E-state index in [9.17, 15) is 4.39 Å². The summed E-state index contributed by atoms with van der Waals surface area (Å²) in [5.74, 6) is 2.24. The highest BCUT2D eigenvalue weighted by molar-refractivity contribution is 5.73. The molecule has 0 atom stereocenters. The summed E-state index contributed by atoms with van der Waals surface area (Å²) in [6.45, 7) is 1.16. The van der Waals surface area contributed by atoms with E-state index in [1.807, 2.05) is 22.9 Å². The van der Waals surface area contributed by atoms with Crippen molar-refractivity contribution in [1.29, 1.82) is 0 Å².